The molecule has 0 saturated carbocycles. The van der Waals surface area contributed by atoms with Gasteiger partial charge < -0.3 is 10.2 Å². The summed E-state index contributed by atoms with van der Waals surface area (Å²) in [6, 6.07) is 2.10. The maximum absolute atomic E-state index is 13.8. The van der Waals surface area contributed by atoms with Crippen LogP contribution in [0.5, 0.6) is 0 Å². The molecule has 0 aromatic heterocycles. The van der Waals surface area contributed by atoms with Gasteiger partial charge in [0.15, 0.2) is 0 Å². The number of benzene rings is 1. The van der Waals surface area contributed by atoms with Crippen molar-refractivity contribution >= 4 is 5.91 Å². The smallest absolute Gasteiger partial charge is 0.256 e. The van der Waals surface area contributed by atoms with Gasteiger partial charge in [-0.05, 0) is 57.3 Å². The number of hydrogen-bond donors (Lipinski definition) is 1. The highest BCUT2D eigenvalue weighted by Gasteiger charge is 2.25. The second-order valence-electron chi connectivity index (χ2n) is 5.71. The van der Waals surface area contributed by atoms with E-state index in [9.17, 15) is 13.6 Å². The van der Waals surface area contributed by atoms with E-state index < -0.39 is 11.6 Å². The summed E-state index contributed by atoms with van der Waals surface area (Å²) in [5.74, 6) is -1.11. The number of likely N-dealkylation sites (tertiary alicyclic amines) is 1. The molecule has 0 unspecified atom stereocenters. The Kier molecular flexibility index (Phi) is 5.28. The van der Waals surface area contributed by atoms with E-state index in [4.69, 9.17) is 0 Å². The molecule has 1 aromatic carbocycles. The highest BCUT2D eigenvalue weighted by molar-refractivity contribution is 5.94. The first-order valence-corrected chi connectivity index (χ1v) is 7.42. The summed E-state index contributed by atoms with van der Waals surface area (Å²) < 4.78 is 27.0. The van der Waals surface area contributed by atoms with Crippen LogP contribution in [-0.4, -0.2) is 37.5 Å². The van der Waals surface area contributed by atoms with Crippen LogP contribution in [0.1, 0.15) is 35.2 Å². The Hall–Kier alpha value is -1.49. The van der Waals surface area contributed by atoms with Gasteiger partial charge in [-0.1, -0.05) is 0 Å². The largest absolute Gasteiger partial charge is 0.339 e. The standard InChI is InChI=1S/C16H22F2N2O/c1-11-9-13(15(18)10-14(11)17)16(21)20-7-4-12(5-8-20)3-6-19-2/h9-10,12,19H,3-8H2,1-2H3. The number of aryl methyl sites for hydroxylation is 1. The fraction of sp³-hybridized carbons (Fsp3) is 0.562. The third-order valence-electron chi connectivity index (χ3n) is 4.18. The van der Waals surface area contributed by atoms with Gasteiger partial charge in [0.1, 0.15) is 11.6 Å². The van der Waals surface area contributed by atoms with E-state index in [1.54, 1.807) is 4.90 Å². The van der Waals surface area contributed by atoms with Crippen LogP contribution in [-0.2, 0) is 0 Å². The first-order chi connectivity index (χ1) is 10.0. The molecule has 3 nitrogen and oxygen atoms in total. The average molecular weight is 296 g/mol. The number of hydrogen-bond acceptors (Lipinski definition) is 2. The first-order valence-electron chi connectivity index (χ1n) is 7.42. The Morgan fingerprint density at radius 3 is 2.57 bits per heavy atom. The Morgan fingerprint density at radius 1 is 1.29 bits per heavy atom. The zero-order chi connectivity index (χ0) is 15.4. The van der Waals surface area contributed by atoms with Crippen molar-refractivity contribution in [2.75, 3.05) is 26.7 Å². The van der Waals surface area contributed by atoms with Gasteiger partial charge in [-0.25, -0.2) is 8.78 Å². The van der Waals surface area contributed by atoms with Crippen LogP contribution < -0.4 is 5.32 Å². The molecule has 1 amide bonds. The lowest BCUT2D eigenvalue weighted by atomic mass is 9.93. The van der Waals surface area contributed by atoms with E-state index in [0.29, 0.717) is 24.6 Å². The molecule has 1 aliphatic heterocycles. The van der Waals surface area contributed by atoms with E-state index in [0.717, 1.165) is 31.9 Å². The van der Waals surface area contributed by atoms with Crippen LogP contribution in [0, 0.1) is 24.5 Å². The van der Waals surface area contributed by atoms with Crippen LogP contribution in [0.3, 0.4) is 0 Å². The Labute approximate surface area is 124 Å². The molecule has 1 N–H and O–H groups in total. The van der Waals surface area contributed by atoms with E-state index in [-0.39, 0.29) is 11.5 Å². The second kappa shape index (κ2) is 6.98. The molecule has 1 aliphatic rings. The van der Waals surface area contributed by atoms with E-state index >= 15 is 0 Å². The molecule has 21 heavy (non-hydrogen) atoms. The molecule has 0 aliphatic carbocycles. The van der Waals surface area contributed by atoms with Gasteiger partial charge >= 0.3 is 0 Å². The fourth-order valence-corrected chi connectivity index (χ4v) is 2.76. The summed E-state index contributed by atoms with van der Waals surface area (Å²) in [6.07, 6.45) is 2.98. The number of nitrogens with one attached hydrogen (secondary N) is 1. The normalized spacial score (nSPS) is 16.3. The van der Waals surface area contributed by atoms with Crippen molar-refractivity contribution in [3.8, 4) is 0 Å². The number of carbonyl (C=O) groups is 1. The highest BCUT2D eigenvalue weighted by atomic mass is 19.1. The summed E-state index contributed by atoms with van der Waals surface area (Å²) in [6.45, 7) is 3.80. The lowest BCUT2D eigenvalue weighted by Crippen LogP contribution is -2.39. The molecule has 5 heteroatoms. The van der Waals surface area contributed by atoms with Gasteiger partial charge in [0, 0.05) is 19.2 Å². The summed E-state index contributed by atoms with van der Waals surface area (Å²) >= 11 is 0. The molecule has 1 saturated heterocycles. The van der Waals surface area contributed by atoms with Crippen molar-refractivity contribution in [2.45, 2.75) is 26.2 Å². The summed E-state index contributed by atoms with van der Waals surface area (Å²) in [7, 11) is 1.93. The molecule has 0 spiro atoms. The molecule has 1 heterocycles. The molecule has 1 aromatic rings. The molecule has 0 atom stereocenters. The third-order valence-corrected chi connectivity index (χ3v) is 4.18. The van der Waals surface area contributed by atoms with Crippen molar-refractivity contribution in [2.24, 2.45) is 5.92 Å². The van der Waals surface area contributed by atoms with Gasteiger partial charge in [0.2, 0.25) is 0 Å². The molecule has 2 rings (SSSR count). The molecule has 1 fully saturated rings. The van der Waals surface area contributed by atoms with Gasteiger partial charge in [-0.15, -0.1) is 0 Å². The summed E-state index contributed by atoms with van der Waals surface area (Å²) in [5.41, 5.74) is 0.270. The molecule has 0 bridgehead atoms. The minimum atomic E-state index is -0.777. The Bertz CT molecular complexity index is 511. The van der Waals surface area contributed by atoms with E-state index in [1.807, 2.05) is 7.05 Å². The van der Waals surface area contributed by atoms with Gasteiger partial charge in [0.05, 0.1) is 5.56 Å². The lowest BCUT2D eigenvalue weighted by Gasteiger charge is -2.32. The van der Waals surface area contributed by atoms with Crippen molar-refractivity contribution in [1.29, 1.82) is 0 Å². The Balaban J connectivity index is 2.00. The van der Waals surface area contributed by atoms with E-state index in [2.05, 4.69) is 5.32 Å². The monoisotopic (exact) mass is 296 g/mol. The van der Waals surface area contributed by atoms with Gasteiger partial charge in [0.25, 0.3) is 5.91 Å². The average Bonchev–Trinajstić information content (AvgIpc) is 2.48. The van der Waals surface area contributed by atoms with Crippen LogP contribution in [0.4, 0.5) is 8.78 Å². The minimum absolute atomic E-state index is 0.0254. The van der Waals surface area contributed by atoms with Crippen LogP contribution in [0.2, 0.25) is 0 Å². The summed E-state index contributed by atoms with van der Waals surface area (Å²) in [5, 5.41) is 3.13. The second-order valence-corrected chi connectivity index (χ2v) is 5.71. The van der Waals surface area contributed by atoms with Gasteiger partial charge in [-0.3, -0.25) is 4.79 Å². The maximum Gasteiger partial charge on any atom is 0.256 e. The quantitative estimate of drug-likeness (QED) is 0.926. The van der Waals surface area contributed by atoms with Gasteiger partial charge in [-0.2, -0.15) is 0 Å². The maximum atomic E-state index is 13.8. The number of carbonyl (C=O) groups excluding carboxylic acids is 1. The van der Waals surface area contributed by atoms with Crippen molar-refractivity contribution in [3.05, 3.63) is 34.9 Å². The predicted octanol–water partition coefficient (Wildman–Crippen LogP) is 2.73. The zero-order valence-corrected chi connectivity index (χ0v) is 12.6. The van der Waals surface area contributed by atoms with Crippen LogP contribution in [0.25, 0.3) is 0 Å². The SMILES string of the molecule is CNCCC1CCN(C(=O)c2cc(C)c(F)cc2F)CC1. The molecule has 0 radical (unpaired) electrons. The lowest BCUT2D eigenvalue weighted by molar-refractivity contribution is 0.0682. The van der Waals surface area contributed by atoms with Crippen molar-refractivity contribution in [3.63, 3.8) is 0 Å². The Morgan fingerprint density at radius 2 is 1.95 bits per heavy atom. The topological polar surface area (TPSA) is 32.3 Å². The number of rotatable bonds is 4. The fourth-order valence-electron chi connectivity index (χ4n) is 2.76. The minimum Gasteiger partial charge on any atom is -0.339 e. The first kappa shape index (κ1) is 15.9. The van der Waals surface area contributed by atoms with Crippen molar-refractivity contribution in [1.82, 2.24) is 10.2 Å². The molecular formula is C16H22F2N2O. The number of amides is 1. The molecule has 116 valence electrons. The number of halogens is 2. The highest BCUT2D eigenvalue weighted by Crippen LogP contribution is 2.23. The third kappa shape index (κ3) is 3.79. The predicted molar refractivity (Wildman–Crippen MR) is 78.3 cm³/mol. The van der Waals surface area contributed by atoms with Crippen LogP contribution in [0.15, 0.2) is 12.1 Å². The zero-order valence-electron chi connectivity index (χ0n) is 12.6. The molecular weight excluding hydrogens is 274 g/mol. The number of piperidine rings is 1. The summed E-state index contributed by atoms with van der Waals surface area (Å²) in [4.78, 5) is 14.0. The van der Waals surface area contributed by atoms with E-state index in [1.165, 1.54) is 13.0 Å². The van der Waals surface area contributed by atoms with Crippen molar-refractivity contribution < 1.29 is 13.6 Å². The number of nitrogens with zero attached hydrogens (tertiary/aromatic N) is 1. The van der Waals surface area contributed by atoms with Crippen LogP contribution >= 0.6 is 0 Å².